The largest absolute Gasteiger partial charge is 0.303 e. The highest BCUT2D eigenvalue weighted by molar-refractivity contribution is 5.84. The normalized spacial score (nSPS) is 10.4. The Kier molecular flexibility index (Phi) is 4.17. The fourth-order valence-corrected chi connectivity index (χ4v) is 1.23. The number of Topliss-reactive ketones (excluding diaryl/α,β-unsaturated/α-hetero) is 1. The number of ketones is 1. The Morgan fingerprint density at radius 2 is 2.18 bits per heavy atom. The SMILES string of the molecule is CC(C)C(=O)CN(N)c1cccc([N+](=O)[O-])c1. The Labute approximate surface area is 99.1 Å². The van der Waals surface area contributed by atoms with E-state index in [1.54, 1.807) is 19.9 Å². The van der Waals surface area contributed by atoms with Gasteiger partial charge in [0.05, 0.1) is 17.2 Å². The molecule has 0 amide bonds. The average Bonchev–Trinajstić information content (AvgIpc) is 2.28. The van der Waals surface area contributed by atoms with Gasteiger partial charge in [-0.2, -0.15) is 0 Å². The Balaban J connectivity index is 2.82. The first kappa shape index (κ1) is 13.1. The molecule has 0 bridgehead atoms. The fourth-order valence-electron chi connectivity index (χ4n) is 1.23. The lowest BCUT2D eigenvalue weighted by molar-refractivity contribution is -0.384. The number of nitro groups is 1. The number of hydrazine groups is 1. The van der Waals surface area contributed by atoms with Crippen molar-refractivity contribution in [3.63, 3.8) is 0 Å². The van der Waals surface area contributed by atoms with Gasteiger partial charge in [0.2, 0.25) is 0 Å². The van der Waals surface area contributed by atoms with Gasteiger partial charge >= 0.3 is 0 Å². The Hall–Kier alpha value is -1.95. The maximum absolute atomic E-state index is 11.5. The van der Waals surface area contributed by atoms with Crippen LogP contribution in [0.4, 0.5) is 11.4 Å². The van der Waals surface area contributed by atoms with Gasteiger partial charge in [-0.1, -0.05) is 19.9 Å². The molecule has 0 saturated carbocycles. The van der Waals surface area contributed by atoms with Gasteiger partial charge in [0.1, 0.15) is 0 Å². The number of anilines is 1. The second kappa shape index (κ2) is 5.40. The lowest BCUT2D eigenvalue weighted by Gasteiger charge is -2.18. The molecule has 0 atom stereocenters. The van der Waals surface area contributed by atoms with Crippen molar-refractivity contribution < 1.29 is 9.72 Å². The molecule has 0 saturated heterocycles. The van der Waals surface area contributed by atoms with Crippen molar-refractivity contribution in [1.29, 1.82) is 0 Å². The molecular formula is C11H15N3O3. The first-order valence-electron chi connectivity index (χ1n) is 5.21. The van der Waals surface area contributed by atoms with Crippen LogP contribution in [-0.2, 0) is 4.79 Å². The molecule has 1 aromatic rings. The molecule has 0 spiro atoms. The zero-order valence-corrected chi connectivity index (χ0v) is 9.79. The molecule has 1 rings (SSSR count). The molecule has 0 heterocycles. The summed E-state index contributed by atoms with van der Waals surface area (Å²) < 4.78 is 0. The van der Waals surface area contributed by atoms with Gasteiger partial charge in [-0.3, -0.25) is 14.9 Å². The van der Waals surface area contributed by atoms with Crippen LogP contribution >= 0.6 is 0 Å². The lowest BCUT2D eigenvalue weighted by Crippen LogP contribution is -2.37. The summed E-state index contributed by atoms with van der Waals surface area (Å²) >= 11 is 0. The van der Waals surface area contributed by atoms with E-state index in [1.807, 2.05) is 0 Å². The van der Waals surface area contributed by atoms with Crippen molar-refractivity contribution in [2.24, 2.45) is 11.8 Å². The minimum Gasteiger partial charge on any atom is -0.303 e. The van der Waals surface area contributed by atoms with Crippen LogP contribution in [0.3, 0.4) is 0 Å². The Bertz CT molecular complexity index is 432. The van der Waals surface area contributed by atoms with Crippen LogP contribution in [0.2, 0.25) is 0 Å². The summed E-state index contributed by atoms with van der Waals surface area (Å²) in [6, 6.07) is 5.88. The van der Waals surface area contributed by atoms with E-state index >= 15 is 0 Å². The molecule has 6 heteroatoms. The van der Waals surface area contributed by atoms with Crippen molar-refractivity contribution >= 4 is 17.2 Å². The number of carbonyl (C=O) groups excluding carboxylic acids is 1. The summed E-state index contributed by atoms with van der Waals surface area (Å²) in [4.78, 5) is 21.6. The van der Waals surface area contributed by atoms with Crippen LogP contribution in [0.1, 0.15) is 13.8 Å². The minimum absolute atomic E-state index is 0.0148. The van der Waals surface area contributed by atoms with Crippen LogP contribution in [-0.4, -0.2) is 17.3 Å². The number of nitrogens with zero attached hydrogens (tertiary/aromatic N) is 2. The number of nitro benzene ring substituents is 1. The number of rotatable bonds is 5. The highest BCUT2D eigenvalue weighted by atomic mass is 16.6. The lowest BCUT2D eigenvalue weighted by atomic mass is 10.1. The molecule has 0 aromatic heterocycles. The summed E-state index contributed by atoms with van der Waals surface area (Å²) in [5.41, 5.74) is 0.406. The maximum Gasteiger partial charge on any atom is 0.271 e. The number of hydrogen-bond acceptors (Lipinski definition) is 5. The van der Waals surface area contributed by atoms with E-state index in [4.69, 9.17) is 5.84 Å². The molecule has 1 aromatic carbocycles. The second-order valence-corrected chi connectivity index (χ2v) is 4.03. The summed E-state index contributed by atoms with van der Waals surface area (Å²) in [5.74, 6) is 5.57. The zero-order chi connectivity index (χ0) is 13.0. The van der Waals surface area contributed by atoms with E-state index in [-0.39, 0.29) is 23.9 Å². The zero-order valence-electron chi connectivity index (χ0n) is 9.79. The van der Waals surface area contributed by atoms with E-state index in [0.29, 0.717) is 5.69 Å². The molecule has 92 valence electrons. The molecule has 6 nitrogen and oxygen atoms in total. The quantitative estimate of drug-likeness (QED) is 0.476. The highest BCUT2D eigenvalue weighted by Gasteiger charge is 2.13. The van der Waals surface area contributed by atoms with Crippen molar-refractivity contribution in [3.05, 3.63) is 34.4 Å². The first-order valence-corrected chi connectivity index (χ1v) is 5.21. The highest BCUT2D eigenvalue weighted by Crippen LogP contribution is 2.19. The molecule has 0 unspecified atom stereocenters. The van der Waals surface area contributed by atoms with Gasteiger partial charge in [0.15, 0.2) is 5.78 Å². The van der Waals surface area contributed by atoms with E-state index < -0.39 is 4.92 Å². The van der Waals surface area contributed by atoms with Crippen molar-refractivity contribution in [1.82, 2.24) is 0 Å². The molecule has 17 heavy (non-hydrogen) atoms. The predicted molar refractivity (Wildman–Crippen MR) is 64.5 cm³/mol. The van der Waals surface area contributed by atoms with E-state index in [2.05, 4.69) is 0 Å². The third-order valence-electron chi connectivity index (χ3n) is 2.34. The monoisotopic (exact) mass is 237 g/mol. The molecule has 0 radical (unpaired) electrons. The van der Waals surface area contributed by atoms with Crippen LogP contribution < -0.4 is 10.9 Å². The van der Waals surface area contributed by atoms with Crippen LogP contribution in [0.15, 0.2) is 24.3 Å². The van der Waals surface area contributed by atoms with E-state index in [0.717, 1.165) is 0 Å². The maximum atomic E-state index is 11.5. The van der Waals surface area contributed by atoms with Crippen molar-refractivity contribution in [3.8, 4) is 0 Å². The van der Waals surface area contributed by atoms with Crippen LogP contribution in [0.25, 0.3) is 0 Å². The van der Waals surface area contributed by atoms with Gasteiger partial charge in [-0.05, 0) is 6.07 Å². The number of hydrogen-bond donors (Lipinski definition) is 1. The first-order chi connectivity index (χ1) is 7.91. The molecule has 0 aliphatic heterocycles. The van der Waals surface area contributed by atoms with Crippen molar-refractivity contribution in [2.75, 3.05) is 11.6 Å². The van der Waals surface area contributed by atoms with E-state index in [1.165, 1.54) is 23.2 Å². The second-order valence-electron chi connectivity index (χ2n) is 4.03. The van der Waals surface area contributed by atoms with Crippen molar-refractivity contribution in [2.45, 2.75) is 13.8 Å². The molecule has 2 N–H and O–H groups in total. The third-order valence-corrected chi connectivity index (χ3v) is 2.34. The van der Waals surface area contributed by atoms with Gasteiger partial charge in [0.25, 0.3) is 5.69 Å². The molecule has 0 aliphatic carbocycles. The van der Waals surface area contributed by atoms with Gasteiger partial charge < -0.3 is 5.01 Å². The number of nitrogens with two attached hydrogens (primary N) is 1. The van der Waals surface area contributed by atoms with Crippen LogP contribution in [0, 0.1) is 16.0 Å². The predicted octanol–water partition coefficient (Wildman–Crippen LogP) is 1.50. The molecular weight excluding hydrogens is 222 g/mol. The van der Waals surface area contributed by atoms with Gasteiger partial charge in [-0.15, -0.1) is 0 Å². The summed E-state index contributed by atoms with van der Waals surface area (Å²) in [6.45, 7) is 3.60. The Morgan fingerprint density at radius 3 is 2.71 bits per heavy atom. The van der Waals surface area contributed by atoms with E-state index in [9.17, 15) is 14.9 Å². The standard InChI is InChI=1S/C11H15N3O3/c1-8(2)11(15)7-13(12)9-4-3-5-10(6-9)14(16)17/h3-6,8H,7,12H2,1-2H3. The van der Waals surface area contributed by atoms with Gasteiger partial charge in [0, 0.05) is 18.1 Å². The number of benzene rings is 1. The molecule has 0 fully saturated rings. The molecule has 0 aliphatic rings. The minimum atomic E-state index is -0.498. The smallest absolute Gasteiger partial charge is 0.271 e. The third kappa shape index (κ3) is 3.53. The Morgan fingerprint density at radius 1 is 1.53 bits per heavy atom. The van der Waals surface area contributed by atoms with Gasteiger partial charge in [-0.25, -0.2) is 5.84 Å². The summed E-state index contributed by atoms with van der Waals surface area (Å²) in [5, 5.41) is 11.8. The topological polar surface area (TPSA) is 89.5 Å². The summed E-state index contributed by atoms with van der Waals surface area (Å²) in [6.07, 6.45) is 0. The summed E-state index contributed by atoms with van der Waals surface area (Å²) in [7, 11) is 0. The number of carbonyl (C=O) groups is 1. The average molecular weight is 237 g/mol. The van der Waals surface area contributed by atoms with Crippen LogP contribution in [0.5, 0.6) is 0 Å². The fraction of sp³-hybridized carbons (Fsp3) is 0.364. The number of non-ortho nitro benzene ring substituents is 1.